The van der Waals surface area contributed by atoms with E-state index < -0.39 is 5.97 Å². The summed E-state index contributed by atoms with van der Waals surface area (Å²) in [5.74, 6) is -0.740. The monoisotopic (exact) mass is 206 g/mol. The zero-order valence-electron chi connectivity index (χ0n) is 8.19. The largest absolute Gasteiger partial charge is 0.481 e. The highest BCUT2D eigenvalue weighted by molar-refractivity contribution is 8.00. The minimum atomic E-state index is -0.740. The molecule has 0 saturated heterocycles. The number of aliphatic hydroxyl groups excluding tert-OH is 1. The molecule has 13 heavy (non-hydrogen) atoms. The van der Waals surface area contributed by atoms with Crippen molar-refractivity contribution in [3.05, 3.63) is 0 Å². The van der Waals surface area contributed by atoms with Crippen molar-refractivity contribution in [3.8, 4) is 0 Å². The summed E-state index contributed by atoms with van der Waals surface area (Å²) < 4.78 is 0. The Hall–Kier alpha value is -0.220. The van der Waals surface area contributed by atoms with Gasteiger partial charge in [-0.3, -0.25) is 4.79 Å². The summed E-state index contributed by atoms with van der Waals surface area (Å²) in [5.41, 5.74) is 0. The average molecular weight is 206 g/mol. The summed E-state index contributed by atoms with van der Waals surface area (Å²) >= 11 is 1.66. The lowest BCUT2D eigenvalue weighted by atomic mass is 10.2. The Morgan fingerprint density at radius 2 is 2.15 bits per heavy atom. The molecule has 0 bridgehead atoms. The van der Waals surface area contributed by atoms with Crippen LogP contribution in [0.15, 0.2) is 0 Å². The van der Waals surface area contributed by atoms with Crippen molar-refractivity contribution in [2.24, 2.45) is 0 Å². The lowest BCUT2D eigenvalue weighted by Crippen LogP contribution is -2.13. The Morgan fingerprint density at radius 1 is 1.54 bits per heavy atom. The molecule has 0 fully saturated rings. The molecule has 3 nitrogen and oxygen atoms in total. The third kappa shape index (κ3) is 6.90. The summed E-state index contributed by atoms with van der Waals surface area (Å²) in [4.78, 5) is 10.4. The minimum absolute atomic E-state index is 0.178. The fourth-order valence-electron chi connectivity index (χ4n) is 1.06. The first-order valence-corrected chi connectivity index (χ1v) is 5.52. The number of hydrogen-bond donors (Lipinski definition) is 2. The number of thioether (sulfide) groups is 1. The topological polar surface area (TPSA) is 57.5 Å². The summed E-state index contributed by atoms with van der Waals surface area (Å²) in [6, 6.07) is 0. The molecule has 0 rings (SSSR count). The van der Waals surface area contributed by atoms with E-state index in [-0.39, 0.29) is 18.3 Å². The number of hydrogen-bond acceptors (Lipinski definition) is 3. The van der Waals surface area contributed by atoms with E-state index in [0.29, 0.717) is 5.25 Å². The molecule has 0 heterocycles. The van der Waals surface area contributed by atoms with Crippen molar-refractivity contribution in [1.82, 2.24) is 0 Å². The summed E-state index contributed by atoms with van der Waals surface area (Å²) in [7, 11) is 0. The molecule has 0 aromatic rings. The first-order valence-electron chi connectivity index (χ1n) is 4.58. The van der Waals surface area contributed by atoms with Gasteiger partial charge in [-0.2, -0.15) is 11.8 Å². The van der Waals surface area contributed by atoms with Gasteiger partial charge in [0.1, 0.15) is 0 Å². The van der Waals surface area contributed by atoms with Crippen molar-refractivity contribution >= 4 is 17.7 Å². The molecule has 78 valence electrons. The highest BCUT2D eigenvalue weighted by atomic mass is 32.2. The quantitative estimate of drug-likeness (QED) is 0.666. The number of carboxylic acids is 1. The summed E-state index contributed by atoms with van der Waals surface area (Å²) in [6.07, 6.45) is 1.82. The molecule has 2 N–H and O–H groups in total. The Labute approximate surface area is 83.5 Å². The Morgan fingerprint density at radius 3 is 2.54 bits per heavy atom. The van der Waals surface area contributed by atoms with E-state index in [1.54, 1.807) is 11.8 Å². The van der Waals surface area contributed by atoms with Crippen LogP contribution in [0.3, 0.4) is 0 Å². The maximum absolute atomic E-state index is 10.4. The lowest BCUT2D eigenvalue weighted by molar-refractivity contribution is -0.136. The fraction of sp³-hybridized carbons (Fsp3) is 0.889. The van der Waals surface area contributed by atoms with Gasteiger partial charge in [0.2, 0.25) is 0 Å². The molecule has 0 radical (unpaired) electrons. The second-order valence-corrected chi connectivity index (χ2v) is 4.83. The first-order chi connectivity index (χ1) is 6.10. The minimum Gasteiger partial charge on any atom is -0.481 e. The van der Waals surface area contributed by atoms with Gasteiger partial charge in [0.05, 0.1) is 6.42 Å². The molecule has 0 spiro atoms. The van der Waals surface area contributed by atoms with Gasteiger partial charge in [0, 0.05) is 17.1 Å². The van der Waals surface area contributed by atoms with E-state index in [4.69, 9.17) is 10.2 Å². The number of carbonyl (C=O) groups is 1. The highest BCUT2D eigenvalue weighted by Gasteiger charge is 2.14. The van der Waals surface area contributed by atoms with Gasteiger partial charge in [0.15, 0.2) is 0 Å². The van der Waals surface area contributed by atoms with Gasteiger partial charge in [-0.15, -0.1) is 0 Å². The van der Waals surface area contributed by atoms with Crippen LogP contribution in [0.5, 0.6) is 0 Å². The predicted molar refractivity (Wildman–Crippen MR) is 55.1 cm³/mol. The summed E-state index contributed by atoms with van der Waals surface area (Å²) in [5, 5.41) is 17.8. The molecule has 0 amide bonds. The van der Waals surface area contributed by atoms with Crippen LogP contribution in [-0.2, 0) is 4.79 Å². The maximum atomic E-state index is 10.4. The van der Waals surface area contributed by atoms with Crippen LogP contribution in [0, 0.1) is 0 Å². The standard InChI is InChI=1S/C9H18O3S/c1-3-8(6-9(11)12)13-7(2)4-5-10/h7-8,10H,3-6H2,1-2H3,(H,11,12). The van der Waals surface area contributed by atoms with Gasteiger partial charge in [0.25, 0.3) is 0 Å². The molecule has 0 aliphatic rings. The zero-order chi connectivity index (χ0) is 10.3. The van der Waals surface area contributed by atoms with Crippen LogP contribution in [-0.4, -0.2) is 33.3 Å². The number of aliphatic hydroxyl groups is 1. The molecule has 0 saturated carbocycles. The van der Waals surface area contributed by atoms with E-state index in [1.807, 2.05) is 13.8 Å². The van der Waals surface area contributed by atoms with Crippen LogP contribution >= 0.6 is 11.8 Å². The van der Waals surface area contributed by atoms with Gasteiger partial charge in [-0.1, -0.05) is 13.8 Å². The second-order valence-electron chi connectivity index (χ2n) is 3.09. The van der Waals surface area contributed by atoms with E-state index >= 15 is 0 Å². The molecule has 4 heteroatoms. The van der Waals surface area contributed by atoms with Crippen molar-refractivity contribution in [3.63, 3.8) is 0 Å². The Balaban J connectivity index is 3.75. The molecule has 2 unspecified atom stereocenters. The smallest absolute Gasteiger partial charge is 0.304 e. The normalized spacial score (nSPS) is 15.3. The molecular weight excluding hydrogens is 188 g/mol. The van der Waals surface area contributed by atoms with Crippen LogP contribution < -0.4 is 0 Å². The van der Waals surface area contributed by atoms with Crippen molar-refractivity contribution < 1.29 is 15.0 Å². The van der Waals surface area contributed by atoms with Crippen molar-refractivity contribution in [1.29, 1.82) is 0 Å². The van der Waals surface area contributed by atoms with E-state index in [1.165, 1.54) is 0 Å². The van der Waals surface area contributed by atoms with Gasteiger partial charge < -0.3 is 10.2 Å². The zero-order valence-corrected chi connectivity index (χ0v) is 9.01. The predicted octanol–water partition coefficient (Wildman–Crippen LogP) is 1.74. The molecule has 0 aliphatic heterocycles. The van der Waals surface area contributed by atoms with E-state index in [2.05, 4.69) is 0 Å². The van der Waals surface area contributed by atoms with Gasteiger partial charge >= 0.3 is 5.97 Å². The molecule has 0 aliphatic carbocycles. The van der Waals surface area contributed by atoms with Crippen LogP contribution in [0.25, 0.3) is 0 Å². The summed E-state index contributed by atoms with van der Waals surface area (Å²) in [6.45, 7) is 4.19. The van der Waals surface area contributed by atoms with Gasteiger partial charge in [-0.25, -0.2) is 0 Å². The molecular formula is C9H18O3S. The van der Waals surface area contributed by atoms with Crippen LogP contribution in [0.2, 0.25) is 0 Å². The number of rotatable bonds is 7. The number of carboxylic acid groups (broad SMARTS) is 1. The third-order valence-corrected chi connectivity index (χ3v) is 3.40. The van der Waals surface area contributed by atoms with Crippen molar-refractivity contribution in [2.45, 2.75) is 43.6 Å². The van der Waals surface area contributed by atoms with Crippen LogP contribution in [0.1, 0.15) is 33.1 Å². The highest BCUT2D eigenvalue weighted by Crippen LogP contribution is 2.24. The Bertz CT molecular complexity index is 150. The SMILES string of the molecule is CCC(CC(=O)O)SC(C)CCO. The van der Waals surface area contributed by atoms with Gasteiger partial charge in [-0.05, 0) is 12.8 Å². The fourth-order valence-corrected chi connectivity index (χ4v) is 2.39. The molecule has 0 aromatic heterocycles. The molecule has 0 aromatic carbocycles. The lowest BCUT2D eigenvalue weighted by Gasteiger charge is -2.16. The van der Waals surface area contributed by atoms with E-state index in [0.717, 1.165) is 12.8 Å². The van der Waals surface area contributed by atoms with E-state index in [9.17, 15) is 4.79 Å². The number of aliphatic carboxylic acids is 1. The average Bonchev–Trinajstić information content (AvgIpc) is 2.02. The second kappa shape index (κ2) is 7.21. The molecule has 2 atom stereocenters. The van der Waals surface area contributed by atoms with Crippen molar-refractivity contribution in [2.75, 3.05) is 6.61 Å². The Kier molecular flexibility index (Phi) is 7.09. The first kappa shape index (κ1) is 12.8. The van der Waals surface area contributed by atoms with Crippen LogP contribution in [0.4, 0.5) is 0 Å². The third-order valence-electron chi connectivity index (χ3n) is 1.82. The maximum Gasteiger partial charge on any atom is 0.304 e.